The van der Waals surface area contributed by atoms with Gasteiger partial charge < -0.3 is 14.9 Å². The standard InChI is InChI=1S/C30H46O3/c1-27(2,3)23-13-19(31)14-24(28(4,5)6)21(23)17-33-18-22-25(29(7,8)9)15-20(32)16-26(22)30(10,11)12/h13-16,31-32H,17-18H2,1-12H3. The van der Waals surface area contributed by atoms with Crippen LogP contribution in [0.3, 0.4) is 0 Å². The molecule has 2 N–H and O–H groups in total. The first-order valence-electron chi connectivity index (χ1n) is 12.0. The lowest BCUT2D eigenvalue weighted by molar-refractivity contribution is 0.102. The van der Waals surface area contributed by atoms with Crippen LogP contribution in [0.2, 0.25) is 0 Å². The number of phenolic OH excluding ortho intramolecular Hbond substituents is 2. The van der Waals surface area contributed by atoms with Crippen molar-refractivity contribution in [3.8, 4) is 11.5 Å². The van der Waals surface area contributed by atoms with Crippen LogP contribution in [0.1, 0.15) is 116 Å². The average Bonchev–Trinajstić information content (AvgIpc) is 2.59. The van der Waals surface area contributed by atoms with Gasteiger partial charge in [0.05, 0.1) is 13.2 Å². The van der Waals surface area contributed by atoms with Crippen LogP contribution in [0.4, 0.5) is 0 Å². The lowest BCUT2D eigenvalue weighted by atomic mass is 9.76. The number of aromatic hydroxyl groups is 2. The Hall–Kier alpha value is -2.00. The number of benzene rings is 2. The van der Waals surface area contributed by atoms with E-state index in [1.165, 1.54) is 0 Å². The van der Waals surface area contributed by atoms with Crippen LogP contribution in [-0.2, 0) is 39.6 Å². The van der Waals surface area contributed by atoms with E-state index in [4.69, 9.17) is 4.74 Å². The predicted octanol–water partition coefficient (Wildman–Crippen LogP) is 8.00. The molecule has 0 aliphatic heterocycles. The fourth-order valence-corrected chi connectivity index (χ4v) is 4.56. The molecule has 0 saturated carbocycles. The second kappa shape index (κ2) is 8.98. The maximum Gasteiger partial charge on any atom is 0.116 e. The molecule has 0 unspecified atom stereocenters. The Morgan fingerprint density at radius 1 is 0.485 bits per heavy atom. The zero-order valence-electron chi connectivity index (χ0n) is 23.0. The summed E-state index contributed by atoms with van der Waals surface area (Å²) in [5.41, 5.74) is 6.28. The zero-order chi connectivity index (χ0) is 25.6. The lowest BCUT2D eigenvalue weighted by Gasteiger charge is -2.32. The van der Waals surface area contributed by atoms with Crippen molar-refractivity contribution in [2.24, 2.45) is 0 Å². The van der Waals surface area contributed by atoms with Crippen molar-refractivity contribution < 1.29 is 14.9 Å². The number of hydrogen-bond donors (Lipinski definition) is 2. The summed E-state index contributed by atoms with van der Waals surface area (Å²) in [6.07, 6.45) is 0. The molecule has 2 aromatic rings. The Morgan fingerprint density at radius 2 is 0.697 bits per heavy atom. The average molecular weight is 455 g/mol. The third kappa shape index (κ3) is 6.53. The quantitative estimate of drug-likeness (QED) is 0.492. The smallest absolute Gasteiger partial charge is 0.116 e. The van der Waals surface area contributed by atoms with Gasteiger partial charge in [0.25, 0.3) is 0 Å². The van der Waals surface area contributed by atoms with Crippen molar-refractivity contribution in [2.75, 3.05) is 0 Å². The largest absolute Gasteiger partial charge is 0.508 e. The van der Waals surface area contributed by atoms with E-state index in [0.29, 0.717) is 24.7 Å². The molecule has 0 atom stereocenters. The molecular formula is C30H46O3. The number of rotatable bonds is 4. The fraction of sp³-hybridized carbons (Fsp3) is 0.600. The van der Waals surface area contributed by atoms with Gasteiger partial charge in [-0.2, -0.15) is 0 Å². The molecule has 2 rings (SSSR count). The highest BCUT2D eigenvalue weighted by Gasteiger charge is 2.29. The van der Waals surface area contributed by atoms with Gasteiger partial charge in [-0.3, -0.25) is 0 Å². The molecule has 0 radical (unpaired) electrons. The Kier molecular flexibility index (Phi) is 7.42. The van der Waals surface area contributed by atoms with Crippen molar-refractivity contribution in [1.82, 2.24) is 0 Å². The first-order valence-corrected chi connectivity index (χ1v) is 12.0. The van der Waals surface area contributed by atoms with E-state index in [1.807, 2.05) is 24.3 Å². The van der Waals surface area contributed by atoms with Gasteiger partial charge in [0.1, 0.15) is 11.5 Å². The third-order valence-electron chi connectivity index (χ3n) is 6.19. The molecule has 3 heteroatoms. The summed E-state index contributed by atoms with van der Waals surface area (Å²) in [5.74, 6) is 0.606. The van der Waals surface area contributed by atoms with Gasteiger partial charge in [-0.1, -0.05) is 83.1 Å². The van der Waals surface area contributed by atoms with Crippen molar-refractivity contribution in [3.05, 3.63) is 57.6 Å². The second-order valence-corrected chi connectivity index (χ2v) is 13.5. The highest BCUT2D eigenvalue weighted by atomic mass is 16.5. The monoisotopic (exact) mass is 454 g/mol. The van der Waals surface area contributed by atoms with Gasteiger partial charge in [0, 0.05) is 0 Å². The van der Waals surface area contributed by atoms with Gasteiger partial charge in [-0.05, 0) is 79.3 Å². The first kappa shape index (κ1) is 27.2. The summed E-state index contributed by atoms with van der Waals surface area (Å²) in [4.78, 5) is 0. The van der Waals surface area contributed by atoms with Gasteiger partial charge in [0.15, 0.2) is 0 Å². The summed E-state index contributed by atoms with van der Waals surface area (Å²) < 4.78 is 6.47. The van der Waals surface area contributed by atoms with E-state index in [1.54, 1.807) is 0 Å². The van der Waals surface area contributed by atoms with Crippen molar-refractivity contribution in [2.45, 2.75) is 118 Å². The molecule has 0 fully saturated rings. The van der Waals surface area contributed by atoms with Crippen LogP contribution in [0.5, 0.6) is 11.5 Å². The minimum atomic E-state index is -0.122. The Labute approximate surface area is 202 Å². The predicted molar refractivity (Wildman–Crippen MR) is 140 cm³/mol. The van der Waals surface area contributed by atoms with Gasteiger partial charge in [-0.15, -0.1) is 0 Å². The van der Waals surface area contributed by atoms with Gasteiger partial charge in [0.2, 0.25) is 0 Å². The third-order valence-corrected chi connectivity index (χ3v) is 6.19. The molecule has 184 valence electrons. The highest BCUT2D eigenvalue weighted by molar-refractivity contribution is 5.49. The molecule has 0 spiro atoms. The Balaban J connectivity index is 2.56. The highest BCUT2D eigenvalue weighted by Crippen LogP contribution is 2.40. The summed E-state index contributed by atoms with van der Waals surface area (Å²) in [5, 5.41) is 20.9. The SMILES string of the molecule is CC(C)(C)c1cc(O)cc(C(C)(C)C)c1COCc1c(C(C)(C)C)cc(O)cc1C(C)(C)C. The molecule has 0 saturated heterocycles. The molecule has 0 aliphatic rings. The minimum absolute atomic E-state index is 0.122. The lowest BCUT2D eigenvalue weighted by Crippen LogP contribution is -2.23. The minimum Gasteiger partial charge on any atom is -0.508 e. The van der Waals surface area contributed by atoms with Gasteiger partial charge >= 0.3 is 0 Å². The number of phenols is 2. The summed E-state index contributed by atoms with van der Waals surface area (Å²) in [7, 11) is 0. The van der Waals surface area contributed by atoms with E-state index in [2.05, 4.69) is 83.1 Å². The molecule has 0 aliphatic carbocycles. The van der Waals surface area contributed by atoms with Crippen LogP contribution in [0.25, 0.3) is 0 Å². The van der Waals surface area contributed by atoms with E-state index >= 15 is 0 Å². The van der Waals surface area contributed by atoms with Crippen molar-refractivity contribution in [1.29, 1.82) is 0 Å². The molecule has 2 aromatic carbocycles. The molecule has 0 bridgehead atoms. The van der Waals surface area contributed by atoms with E-state index < -0.39 is 0 Å². The van der Waals surface area contributed by atoms with E-state index in [9.17, 15) is 10.2 Å². The van der Waals surface area contributed by atoms with Crippen LogP contribution in [0.15, 0.2) is 24.3 Å². The molecular weight excluding hydrogens is 408 g/mol. The number of hydrogen-bond acceptors (Lipinski definition) is 3. The van der Waals surface area contributed by atoms with Gasteiger partial charge in [-0.25, -0.2) is 0 Å². The van der Waals surface area contributed by atoms with Crippen molar-refractivity contribution in [3.63, 3.8) is 0 Å². The molecule has 3 nitrogen and oxygen atoms in total. The summed E-state index contributed by atoms with van der Waals surface area (Å²) in [6, 6.07) is 7.54. The number of ether oxygens (including phenoxy) is 1. The van der Waals surface area contributed by atoms with E-state index in [-0.39, 0.29) is 21.7 Å². The molecule has 0 aromatic heterocycles. The normalized spacial score (nSPS) is 13.5. The molecule has 33 heavy (non-hydrogen) atoms. The second-order valence-electron chi connectivity index (χ2n) is 13.5. The van der Waals surface area contributed by atoms with Crippen LogP contribution in [0, 0.1) is 0 Å². The van der Waals surface area contributed by atoms with Crippen molar-refractivity contribution >= 4 is 0 Å². The van der Waals surface area contributed by atoms with Crippen LogP contribution in [-0.4, -0.2) is 10.2 Å². The van der Waals surface area contributed by atoms with Crippen LogP contribution < -0.4 is 0 Å². The molecule has 0 heterocycles. The summed E-state index contributed by atoms with van der Waals surface area (Å²) >= 11 is 0. The molecule has 0 amide bonds. The maximum atomic E-state index is 10.5. The zero-order valence-corrected chi connectivity index (χ0v) is 23.0. The Bertz CT molecular complexity index is 836. The summed E-state index contributed by atoms with van der Waals surface area (Å²) in [6.45, 7) is 27.0. The fourth-order valence-electron chi connectivity index (χ4n) is 4.56. The first-order chi connectivity index (χ1) is 14.7. The topological polar surface area (TPSA) is 49.7 Å². The Morgan fingerprint density at radius 3 is 0.879 bits per heavy atom. The van der Waals surface area contributed by atoms with E-state index in [0.717, 1.165) is 33.4 Å². The van der Waals surface area contributed by atoms with Crippen LogP contribution >= 0.6 is 0 Å². The maximum absolute atomic E-state index is 10.5.